The lowest BCUT2D eigenvalue weighted by atomic mass is 10.1. The van der Waals surface area contributed by atoms with Gasteiger partial charge in [-0.15, -0.1) is 0 Å². The summed E-state index contributed by atoms with van der Waals surface area (Å²) in [6.45, 7) is 1.83. The number of amides is 1. The van der Waals surface area contributed by atoms with Crippen LogP contribution in [0.25, 0.3) is 5.69 Å². The molecule has 2 aromatic carbocycles. The van der Waals surface area contributed by atoms with Gasteiger partial charge in [-0.2, -0.15) is 5.10 Å². The van der Waals surface area contributed by atoms with E-state index in [0.717, 1.165) is 11.8 Å². The van der Waals surface area contributed by atoms with Crippen LogP contribution in [0.15, 0.2) is 65.7 Å². The molecule has 1 atom stereocenters. The molecular formula is C20H20FN3O3S. The fourth-order valence-corrected chi connectivity index (χ4v) is 3.41. The number of carbonyl (C=O) groups is 1. The Morgan fingerprint density at radius 1 is 1.11 bits per heavy atom. The van der Waals surface area contributed by atoms with Gasteiger partial charge in [0.25, 0.3) is 5.91 Å². The number of para-hydroxylation sites is 1. The van der Waals surface area contributed by atoms with Crippen molar-refractivity contribution in [2.45, 2.75) is 17.9 Å². The molecule has 0 aliphatic heterocycles. The van der Waals surface area contributed by atoms with Crippen LogP contribution in [0.3, 0.4) is 0 Å². The van der Waals surface area contributed by atoms with Gasteiger partial charge in [-0.05, 0) is 42.8 Å². The third kappa shape index (κ3) is 3.96. The summed E-state index contributed by atoms with van der Waals surface area (Å²) >= 11 is 0. The minimum Gasteiger partial charge on any atom is -0.334 e. The maximum Gasteiger partial charge on any atom is 0.274 e. The van der Waals surface area contributed by atoms with Crippen molar-refractivity contribution in [2.24, 2.45) is 0 Å². The Labute approximate surface area is 163 Å². The smallest absolute Gasteiger partial charge is 0.274 e. The van der Waals surface area contributed by atoms with Gasteiger partial charge in [-0.3, -0.25) is 4.79 Å². The van der Waals surface area contributed by atoms with Crippen molar-refractivity contribution in [3.05, 3.63) is 77.9 Å². The summed E-state index contributed by atoms with van der Waals surface area (Å²) in [5.41, 5.74) is 1.23. The SMILES string of the molecule is CC(c1ccc(S(C)(=O)=O)cc1)N(C)C(=O)c1ccn(-c2ccccc2F)n1. The fourth-order valence-electron chi connectivity index (χ4n) is 2.78. The highest BCUT2D eigenvalue weighted by Gasteiger charge is 2.22. The number of rotatable bonds is 5. The second-order valence-corrected chi connectivity index (χ2v) is 8.55. The first-order chi connectivity index (χ1) is 13.2. The molecule has 28 heavy (non-hydrogen) atoms. The predicted molar refractivity (Wildman–Crippen MR) is 104 cm³/mol. The van der Waals surface area contributed by atoms with E-state index >= 15 is 0 Å². The summed E-state index contributed by atoms with van der Waals surface area (Å²) in [5.74, 6) is -0.757. The third-order valence-electron chi connectivity index (χ3n) is 4.60. The second kappa shape index (κ2) is 7.55. The first kappa shape index (κ1) is 19.8. The molecular weight excluding hydrogens is 381 g/mol. The lowest BCUT2D eigenvalue weighted by Gasteiger charge is -2.24. The zero-order valence-corrected chi connectivity index (χ0v) is 16.5. The molecule has 0 N–H and O–H groups in total. The Kier molecular flexibility index (Phi) is 5.33. The summed E-state index contributed by atoms with van der Waals surface area (Å²) in [4.78, 5) is 14.5. The van der Waals surface area contributed by atoms with Crippen LogP contribution in [0.1, 0.15) is 29.0 Å². The number of nitrogens with zero attached hydrogens (tertiary/aromatic N) is 3. The molecule has 0 saturated heterocycles. The number of carbonyl (C=O) groups excluding carboxylic acids is 1. The fraction of sp³-hybridized carbons (Fsp3) is 0.200. The monoisotopic (exact) mass is 401 g/mol. The minimum atomic E-state index is -3.28. The van der Waals surface area contributed by atoms with E-state index in [9.17, 15) is 17.6 Å². The molecule has 0 bridgehead atoms. The van der Waals surface area contributed by atoms with Gasteiger partial charge >= 0.3 is 0 Å². The Balaban J connectivity index is 1.80. The molecule has 0 aliphatic rings. The number of hydrogen-bond acceptors (Lipinski definition) is 4. The van der Waals surface area contributed by atoms with Gasteiger partial charge in [0.05, 0.1) is 10.9 Å². The van der Waals surface area contributed by atoms with Gasteiger partial charge in [-0.1, -0.05) is 24.3 Å². The second-order valence-electron chi connectivity index (χ2n) is 6.53. The summed E-state index contributed by atoms with van der Waals surface area (Å²) < 4.78 is 38.4. The van der Waals surface area contributed by atoms with Crippen molar-refractivity contribution in [3.8, 4) is 5.69 Å². The van der Waals surface area contributed by atoms with Crippen LogP contribution in [0.2, 0.25) is 0 Å². The zero-order valence-electron chi connectivity index (χ0n) is 15.7. The van der Waals surface area contributed by atoms with Gasteiger partial charge in [-0.25, -0.2) is 17.5 Å². The van der Waals surface area contributed by atoms with Crippen LogP contribution >= 0.6 is 0 Å². The molecule has 1 aromatic heterocycles. The molecule has 0 radical (unpaired) electrons. The van der Waals surface area contributed by atoms with E-state index in [1.807, 2.05) is 6.92 Å². The summed E-state index contributed by atoms with van der Waals surface area (Å²) in [7, 11) is -1.64. The predicted octanol–water partition coefficient (Wildman–Crippen LogP) is 3.25. The van der Waals surface area contributed by atoms with Crippen LogP contribution in [0.4, 0.5) is 4.39 Å². The number of aromatic nitrogens is 2. The molecule has 6 nitrogen and oxygen atoms in total. The van der Waals surface area contributed by atoms with Gasteiger partial charge in [0.1, 0.15) is 11.5 Å². The van der Waals surface area contributed by atoms with E-state index in [4.69, 9.17) is 0 Å². The van der Waals surface area contributed by atoms with E-state index in [0.29, 0.717) is 0 Å². The highest BCUT2D eigenvalue weighted by Crippen LogP contribution is 2.22. The molecule has 1 unspecified atom stereocenters. The van der Waals surface area contributed by atoms with Crippen molar-refractivity contribution in [2.75, 3.05) is 13.3 Å². The van der Waals surface area contributed by atoms with E-state index in [2.05, 4.69) is 5.10 Å². The lowest BCUT2D eigenvalue weighted by Crippen LogP contribution is -2.30. The van der Waals surface area contributed by atoms with E-state index in [-0.39, 0.29) is 28.2 Å². The molecule has 0 spiro atoms. The Hall–Kier alpha value is -3.00. The normalized spacial score (nSPS) is 12.6. The van der Waals surface area contributed by atoms with Crippen molar-refractivity contribution in [1.29, 1.82) is 0 Å². The largest absolute Gasteiger partial charge is 0.334 e. The minimum absolute atomic E-state index is 0.186. The molecule has 3 aromatic rings. The maximum absolute atomic E-state index is 13.9. The Morgan fingerprint density at radius 2 is 1.75 bits per heavy atom. The maximum atomic E-state index is 13.9. The molecule has 1 amide bonds. The third-order valence-corrected chi connectivity index (χ3v) is 5.73. The first-order valence-electron chi connectivity index (χ1n) is 8.56. The number of sulfone groups is 1. The summed E-state index contributed by atoms with van der Waals surface area (Å²) in [6.07, 6.45) is 2.68. The van der Waals surface area contributed by atoms with Gasteiger partial charge in [0.15, 0.2) is 15.5 Å². The Bertz CT molecular complexity index is 1110. The van der Waals surface area contributed by atoms with E-state index < -0.39 is 15.7 Å². The Morgan fingerprint density at radius 3 is 2.36 bits per heavy atom. The molecule has 0 saturated carbocycles. The molecule has 146 valence electrons. The molecule has 8 heteroatoms. The molecule has 0 aliphatic carbocycles. The molecule has 0 fully saturated rings. The summed E-state index contributed by atoms with van der Waals surface area (Å²) in [5, 5.41) is 4.19. The van der Waals surface area contributed by atoms with Gasteiger partial charge < -0.3 is 4.90 Å². The molecule has 3 rings (SSSR count). The number of benzene rings is 2. The van der Waals surface area contributed by atoms with Gasteiger partial charge in [0.2, 0.25) is 0 Å². The number of hydrogen-bond donors (Lipinski definition) is 0. The quantitative estimate of drug-likeness (QED) is 0.658. The first-order valence-corrected chi connectivity index (χ1v) is 10.5. The van der Waals surface area contributed by atoms with E-state index in [1.54, 1.807) is 37.4 Å². The van der Waals surface area contributed by atoms with Crippen molar-refractivity contribution >= 4 is 15.7 Å². The average Bonchev–Trinajstić information content (AvgIpc) is 3.16. The molecule has 1 heterocycles. The standard InChI is InChI=1S/C20H20FN3O3S/c1-14(15-8-10-16(11-9-15)28(3,26)27)23(2)20(25)18-12-13-24(22-18)19-7-5-4-6-17(19)21/h4-14H,1-3H3. The highest BCUT2D eigenvalue weighted by atomic mass is 32.2. The van der Waals surface area contributed by atoms with Crippen LogP contribution in [0.5, 0.6) is 0 Å². The average molecular weight is 401 g/mol. The van der Waals surface area contributed by atoms with Gasteiger partial charge in [0, 0.05) is 19.5 Å². The van der Waals surface area contributed by atoms with E-state index in [1.165, 1.54) is 40.0 Å². The van der Waals surface area contributed by atoms with Crippen LogP contribution in [-0.4, -0.2) is 42.3 Å². The van der Waals surface area contributed by atoms with Crippen molar-refractivity contribution in [1.82, 2.24) is 14.7 Å². The highest BCUT2D eigenvalue weighted by molar-refractivity contribution is 7.90. The van der Waals surface area contributed by atoms with Crippen molar-refractivity contribution in [3.63, 3.8) is 0 Å². The van der Waals surface area contributed by atoms with Crippen LogP contribution in [0, 0.1) is 5.82 Å². The van der Waals surface area contributed by atoms with Crippen LogP contribution < -0.4 is 0 Å². The van der Waals surface area contributed by atoms with Crippen molar-refractivity contribution < 1.29 is 17.6 Å². The summed E-state index contributed by atoms with van der Waals surface area (Å²) in [6, 6.07) is 13.8. The zero-order chi connectivity index (χ0) is 20.5. The lowest BCUT2D eigenvalue weighted by molar-refractivity contribution is 0.0736. The van der Waals surface area contributed by atoms with Crippen LogP contribution in [-0.2, 0) is 9.84 Å². The number of halogens is 1. The topological polar surface area (TPSA) is 72.3 Å².